The molecular weight excluding hydrogens is 418 g/mol. The van der Waals surface area contributed by atoms with E-state index in [0.29, 0.717) is 29.6 Å². The molecule has 33 heavy (non-hydrogen) atoms. The number of anilines is 1. The first kappa shape index (κ1) is 22.4. The number of aliphatic imine (C=N–C) groups is 1. The van der Waals surface area contributed by atoms with Crippen LogP contribution in [0.3, 0.4) is 0 Å². The van der Waals surface area contributed by atoms with E-state index in [0.717, 1.165) is 41.9 Å². The molecule has 0 bridgehead atoms. The molecule has 1 amide bonds. The van der Waals surface area contributed by atoms with Crippen molar-refractivity contribution in [3.05, 3.63) is 71.0 Å². The summed E-state index contributed by atoms with van der Waals surface area (Å²) in [5.41, 5.74) is 4.45. The predicted octanol–water partition coefficient (Wildman–Crippen LogP) is 4.29. The highest BCUT2D eigenvalue weighted by Crippen LogP contribution is 2.32. The normalized spacial score (nSPS) is 12.6. The molecule has 8 heteroatoms. The van der Waals surface area contributed by atoms with E-state index < -0.39 is 0 Å². The molecule has 4 rings (SSSR count). The first-order valence-corrected chi connectivity index (χ1v) is 11.2. The lowest BCUT2D eigenvalue weighted by Gasteiger charge is -2.14. The standard InChI is InChI=1S/C25H29N5O3/c1-4-12-30-15-20(17(3)29-30)14-26-25(27-21-9-7-6-8-18(21)5-2)28-24(31)19-10-11-22-23(13-19)33-16-32-22/h6-11,13,15H,4-5,12,14,16H2,1-3H3,(H2,26,27,28,31). The van der Waals surface area contributed by atoms with Crippen LogP contribution < -0.4 is 20.1 Å². The van der Waals surface area contributed by atoms with E-state index in [2.05, 4.69) is 35.6 Å². The van der Waals surface area contributed by atoms with Crippen LogP contribution in [0.25, 0.3) is 0 Å². The third-order valence-electron chi connectivity index (χ3n) is 5.43. The molecule has 3 aromatic rings. The summed E-state index contributed by atoms with van der Waals surface area (Å²) < 4.78 is 12.7. The Morgan fingerprint density at radius 2 is 1.94 bits per heavy atom. The molecule has 1 aromatic heterocycles. The van der Waals surface area contributed by atoms with E-state index in [-0.39, 0.29) is 12.7 Å². The van der Waals surface area contributed by atoms with Gasteiger partial charge in [-0.3, -0.25) is 14.8 Å². The number of amides is 1. The van der Waals surface area contributed by atoms with Crippen LogP contribution in [0, 0.1) is 6.92 Å². The molecule has 2 N–H and O–H groups in total. The van der Waals surface area contributed by atoms with Gasteiger partial charge in [-0.2, -0.15) is 5.10 Å². The van der Waals surface area contributed by atoms with Crippen molar-refractivity contribution in [3.63, 3.8) is 0 Å². The van der Waals surface area contributed by atoms with E-state index in [1.165, 1.54) is 0 Å². The van der Waals surface area contributed by atoms with E-state index in [4.69, 9.17) is 14.5 Å². The average Bonchev–Trinajstić information content (AvgIpc) is 3.43. The molecule has 0 unspecified atom stereocenters. The number of guanidine groups is 1. The molecular formula is C25H29N5O3. The fourth-order valence-electron chi connectivity index (χ4n) is 3.63. The maximum absolute atomic E-state index is 13.0. The number of para-hydroxylation sites is 1. The highest BCUT2D eigenvalue weighted by atomic mass is 16.7. The van der Waals surface area contributed by atoms with Crippen LogP contribution in [0.5, 0.6) is 11.5 Å². The Labute approximate surface area is 193 Å². The molecule has 0 saturated heterocycles. The summed E-state index contributed by atoms with van der Waals surface area (Å²) in [6.45, 7) is 7.60. The van der Waals surface area contributed by atoms with Crippen LogP contribution in [0.15, 0.2) is 53.7 Å². The number of fused-ring (bicyclic) bond motifs is 1. The second kappa shape index (κ2) is 10.2. The number of nitrogens with one attached hydrogen (secondary N) is 2. The van der Waals surface area contributed by atoms with Gasteiger partial charge in [-0.05, 0) is 49.6 Å². The number of carbonyl (C=O) groups excluding carboxylic acids is 1. The summed E-state index contributed by atoms with van der Waals surface area (Å²) in [5, 5.41) is 10.8. The smallest absolute Gasteiger partial charge is 0.258 e. The Hall–Kier alpha value is -3.81. The molecule has 1 aliphatic rings. The topological polar surface area (TPSA) is 89.8 Å². The zero-order valence-electron chi connectivity index (χ0n) is 19.2. The van der Waals surface area contributed by atoms with Crippen molar-refractivity contribution in [3.8, 4) is 11.5 Å². The monoisotopic (exact) mass is 447 g/mol. The molecule has 172 valence electrons. The Morgan fingerprint density at radius 1 is 1.12 bits per heavy atom. The number of benzene rings is 2. The minimum atomic E-state index is -0.285. The molecule has 2 heterocycles. The minimum Gasteiger partial charge on any atom is -0.454 e. The highest BCUT2D eigenvalue weighted by Gasteiger charge is 2.17. The van der Waals surface area contributed by atoms with Crippen LogP contribution in [-0.4, -0.2) is 28.4 Å². The molecule has 0 atom stereocenters. The first-order chi connectivity index (χ1) is 16.1. The summed E-state index contributed by atoms with van der Waals surface area (Å²) in [6.07, 6.45) is 3.88. The van der Waals surface area contributed by atoms with Crippen molar-refractivity contribution in [2.45, 2.75) is 46.7 Å². The molecule has 0 spiro atoms. The molecule has 8 nitrogen and oxygen atoms in total. The largest absolute Gasteiger partial charge is 0.454 e. The fourth-order valence-corrected chi connectivity index (χ4v) is 3.63. The zero-order valence-corrected chi connectivity index (χ0v) is 19.2. The fraction of sp³-hybridized carbons (Fsp3) is 0.320. The third-order valence-corrected chi connectivity index (χ3v) is 5.43. The number of ether oxygens (including phenoxy) is 2. The average molecular weight is 448 g/mol. The minimum absolute atomic E-state index is 0.160. The SMILES string of the molecule is CCCn1cc(CN=C(NC(=O)c2ccc3c(c2)OCO3)Nc2ccccc2CC)c(C)n1. The lowest BCUT2D eigenvalue weighted by molar-refractivity contribution is 0.0976. The van der Waals surface area contributed by atoms with Crippen LogP contribution in [0.4, 0.5) is 5.69 Å². The summed E-state index contributed by atoms with van der Waals surface area (Å²) in [6, 6.07) is 13.1. The quantitative estimate of drug-likeness (QED) is 0.417. The third kappa shape index (κ3) is 5.34. The van der Waals surface area contributed by atoms with Gasteiger partial charge in [0.25, 0.3) is 5.91 Å². The maximum atomic E-state index is 13.0. The van der Waals surface area contributed by atoms with Crippen molar-refractivity contribution in [1.82, 2.24) is 15.1 Å². The van der Waals surface area contributed by atoms with Gasteiger partial charge < -0.3 is 14.8 Å². The van der Waals surface area contributed by atoms with Gasteiger partial charge in [-0.15, -0.1) is 0 Å². The molecule has 1 aliphatic heterocycles. The number of aryl methyl sites for hydroxylation is 3. The number of nitrogens with zero attached hydrogens (tertiary/aromatic N) is 3. The van der Waals surface area contributed by atoms with E-state index >= 15 is 0 Å². The number of hydrogen-bond acceptors (Lipinski definition) is 5. The lowest BCUT2D eigenvalue weighted by Crippen LogP contribution is -2.36. The van der Waals surface area contributed by atoms with Crippen molar-refractivity contribution in [2.24, 2.45) is 4.99 Å². The molecule has 2 aromatic carbocycles. The van der Waals surface area contributed by atoms with Crippen molar-refractivity contribution in [2.75, 3.05) is 12.1 Å². The van der Waals surface area contributed by atoms with Crippen LogP contribution in [0.1, 0.15) is 47.4 Å². The Bertz CT molecular complexity index is 1170. The second-order valence-corrected chi connectivity index (χ2v) is 7.83. The van der Waals surface area contributed by atoms with E-state index in [1.54, 1.807) is 18.2 Å². The van der Waals surface area contributed by atoms with Crippen LogP contribution >= 0.6 is 0 Å². The number of hydrogen-bond donors (Lipinski definition) is 2. The summed E-state index contributed by atoms with van der Waals surface area (Å²) in [4.78, 5) is 17.7. The summed E-state index contributed by atoms with van der Waals surface area (Å²) in [7, 11) is 0. The molecule has 0 aliphatic carbocycles. The Kier molecular flexibility index (Phi) is 6.92. The van der Waals surface area contributed by atoms with Gasteiger partial charge in [0.05, 0.1) is 12.2 Å². The Morgan fingerprint density at radius 3 is 2.76 bits per heavy atom. The van der Waals surface area contributed by atoms with Crippen LogP contribution in [-0.2, 0) is 19.5 Å². The van der Waals surface area contributed by atoms with Gasteiger partial charge in [0.1, 0.15) is 0 Å². The molecule has 0 radical (unpaired) electrons. The van der Waals surface area contributed by atoms with Gasteiger partial charge in [-0.25, -0.2) is 4.99 Å². The maximum Gasteiger partial charge on any atom is 0.258 e. The number of rotatable bonds is 7. The van der Waals surface area contributed by atoms with Crippen molar-refractivity contribution in [1.29, 1.82) is 0 Å². The second-order valence-electron chi connectivity index (χ2n) is 7.83. The Balaban J connectivity index is 1.58. The lowest BCUT2D eigenvalue weighted by atomic mass is 10.1. The van der Waals surface area contributed by atoms with Gasteiger partial charge in [0.15, 0.2) is 11.5 Å². The molecule has 0 fully saturated rings. The van der Waals surface area contributed by atoms with Crippen molar-refractivity contribution >= 4 is 17.6 Å². The van der Waals surface area contributed by atoms with E-state index in [9.17, 15) is 4.79 Å². The van der Waals surface area contributed by atoms with Crippen molar-refractivity contribution < 1.29 is 14.3 Å². The molecule has 0 saturated carbocycles. The van der Waals surface area contributed by atoms with Crippen LogP contribution in [0.2, 0.25) is 0 Å². The number of carbonyl (C=O) groups is 1. The number of aromatic nitrogens is 2. The van der Waals surface area contributed by atoms with Gasteiger partial charge in [0, 0.05) is 29.6 Å². The van der Waals surface area contributed by atoms with Gasteiger partial charge in [0.2, 0.25) is 12.8 Å². The van der Waals surface area contributed by atoms with E-state index in [1.807, 2.05) is 36.0 Å². The highest BCUT2D eigenvalue weighted by molar-refractivity contribution is 6.10. The van der Waals surface area contributed by atoms with Gasteiger partial charge in [-0.1, -0.05) is 32.0 Å². The summed E-state index contributed by atoms with van der Waals surface area (Å²) in [5.74, 6) is 1.28. The zero-order chi connectivity index (χ0) is 23.2. The van der Waals surface area contributed by atoms with Gasteiger partial charge >= 0.3 is 0 Å². The first-order valence-electron chi connectivity index (χ1n) is 11.2. The summed E-state index contributed by atoms with van der Waals surface area (Å²) >= 11 is 0. The predicted molar refractivity (Wildman–Crippen MR) is 128 cm³/mol.